The third kappa shape index (κ3) is 6.44. The molecule has 2 rings (SSSR count). The van der Waals surface area contributed by atoms with Crippen molar-refractivity contribution in [3.05, 3.63) is 58.6 Å². The third-order valence-electron chi connectivity index (χ3n) is 3.28. The van der Waals surface area contributed by atoms with Crippen LogP contribution in [0.1, 0.15) is 11.1 Å². The summed E-state index contributed by atoms with van der Waals surface area (Å²) in [6.07, 6.45) is 1.36. The topological polar surface area (TPSA) is 123 Å². The molecule has 0 bridgehead atoms. The number of carbonyl (C=O) groups excluding carboxylic acids is 3. The number of aryl methyl sites for hydroxylation is 1. The molecule has 3 amide bonds. The number of hydrogen-bond acceptors (Lipinski definition) is 5. The van der Waals surface area contributed by atoms with E-state index in [1.54, 1.807) is 49.4 Å². The summed E-state index contributed by atoms with van der Waals surface area (Å²) in [5.41, 5.74) is 8.98. The molecule has 0 aliphatic rings. The average Bonchev–Trinajstić information content (AvgIpc) is 2.63. The number of nitrogens with one attached hydrogen (secondary N) is 2. The number of halogens is 1. The van der Waals surface area contributed by atoms with Crippen molar-refractivity contribution >= 4 is 41.2 Å². The molecule has 0 aliphatic heterocycles. The fourth-order valence-electron chi connectivity index (χ4n) is 1.97. The number of amides is 3. The van der Waals surface area contributed by atoms with Gasteiger partial charge in [-0.15, -0.1) is 0 Å². The molecule has 0 spiro atoms. The standard InChI is InChI=1S/C18H17ClN4O4/c1-11-8-13(19)4-7-15(11)22-17(25)18(26)23-21-9-12-2-5-14(6-3-12)27-10-16(20)24/h2-9H,10H2,1H3,(H2,20,24)(H,22,25)(H,23,26). The van der Waals surface area contributed by atoms with Crippen molar-refractivity contribution in [1.82, 2.24) is 5.43 Å². The van der Waals surface area contributed by atoms with Crippen LogP contribution in [0.15, 0.2) is 47.6 Å². The van der Waals surface area contributed by atoms with Gasteiger partial charge in [-0.3, -0.25) is 14.4 Å². The molecule has 0 radical (unpaired) electrons. The second-order valence-corrected chi connectivity index (χ2v) is 5.87. The lowest BCUT2D eigenvalue weighted by atomic mass is 10.2. The van der Waals surface area contributed by atoms with E-state index in [-0.39, 0.29) is 6.61 Å². The minimum Gasteiger partial charge on any atom is -0.484 e. The van der Waals surface area contributed by atoms with Crippen LogP contribution < -0.4 is 21.2 Å². The summed E-state index contributed by atoms with van der Waals surface area (Å²) in [4.78, 5) is 34.3. The second kappa shape index (κ2) is 9.35. The summed E-state index contributed by atoms with van der Waals surface area (Å²) in [6, 6.07) is 11.4. The van der Waals surface area contributed by atoms with Gasteiger partial charge in [0.25, 0.3) is 5.91 Å². The van der Waals surface area contributed by atoms with E-state index in [1.807, 2.05) is 0 Å². The van der Waals surface area contributed by atoms with E-state index in [1.165, 1.54) is 6.21 Å². The van der Waals surface area contributed by atoms with Crippen molar-refractivity contribution in [2.24, 2.45) is 10.8 Å². The molecule has 0 saturated carbocycles. The highest BCUT2D eigenvalue weighted by atomic mass is 35.5. The number of rotatable bonds is 6. The normalized spacial score (nSPS) is 10.4. The van der Waals surface area contributed by atoms with Crippen LogP contribution >= 0.6 is 11.6 Å². The monoisotopic (exact) mass is 388 g/mol. The van der Waals surface area contributed by atoms with Gasteiger partial charge in [-0.2, -0.15) is 5.10 Å². The molecule has 2 aromatic rings. The predicted octanol–water partition coefficient (Wildman–Crippen LogP) is 1.60. The maximum atomic E-state index is 11.9. The van der Waals surface area contributed by atoms with Gasteiger partial charge >= 0.3 is 11.8 Å². The number of nitrogens with zero attached hydrogens (tertiary/aromatic N) is 1. The molecule has 2 aromatic carbocycles. The lowest BCUT2D eigenvalue weighted by Gasteiger charge is -2.07. The molecule has 140 valence electrons. The van der Waals surface area contributed by atoms with Gasteiger partial charge in [-0.05, 0) is 60.5 Å². The molecule has 0 heterocycles. The summed E-state index contributed by atoms with van der Waals surface area (Å²) < 4.78 is 5.12. The van der Waals surface area contributed by atoms with Gasteiger partial charge < -0.3 is 15.8 Å². The van der Waals surface area contributed by atoms with E-state index in [2.05, 4.69) is 15.8 Å². The Kier molecular flexibility index (Phi) is 6.90. The van der Waals surface area contributed by atoms with E-state index in [4.69, 9.17) is 22.1 Å². The first kappa shape index (κ1) is 19.9. The minimum atomic E-state index is -0.915. The van der Waals surface area contributed by atoms with Gasteiger partial charge in [-0.1, -0.05) is 11.6 Å². The predicted molar refractivity (Wildman–Crippen MR) is 102 cm³/mol. The average molecular weight is 389 g/mol. The Morgan fingerprint density at radius 3 is 2.48 bits per heavy atom. The number of ether oxygens (including phenoxy) is 1. The molecular formula is C18H17ClN4O4. The Morgan fingerprint density at radius 1 is 1.15 bits per heavy atom. The smallest absolute Gasteiger partial charge is 0.329 e. The molecule has 9 heteroatoms. The number of hydrazone groups is 1. The van der Waals surface area contributed by atoms with Crippen LogP contribution in [0.2, 0.25) is 5.02 Å². The lowest BCUT2D eigenvalue weighted by Crippen LogP contribution is -2.32. The van der Waals surface area contributed by atoms with Crippen molar-refractivity contribution in [2.75, 3.05) is 11.9 Å². The minimum absolute atomic E-state index is 0.217. The summed E-state index contributed by atoms with van der Waals surface area (Å²) >= 11 is 5.84. The van der Waals surface area contributed by atoms with E-state index in [0.717, 1.165) is 5.56 Å². The quantitative estimate of drug-likeness (QED) is 0.395. The molecule has 0 aromatic heterocycles. The van der Waals surface area contributed by atoms with Gasteiger partial charge in [0.15, 0.2) is 6.61 Å². The number of primary amides is 1. The Morgan fingerprint density at radius 2 is 1.85 bits per heavy atom. The summed E-state index contributed by atoms with van der Waals surface area (Å²) in [5.74, 6) is -1.88. The van der Waals surface area contributed by atoms with Crippen molar-refractivity contribution in [3.8, 4) is 5.75 Å². The highest BCUT2D eigenvalue weighted by Gasteiger charge is 2.14. The fourth-order valence-corrected chi connectivity index (χ4v) is 2.19. The van der Waals surface area contributed by atoms with Crippen LogP contribution in [0.25, 0.3) is 0 Å². The first-order valence-corrected chi connectivity index (χ1v) is 8.14. The van der Waals surface area contributed by atoms with Crippen molar-refractivity contribution in [2.45, 2.75) is 6.92 Å². The molecule has 0 atom stereocenters. The van der Waals surface area contributed by atoms with Gasteiger partial charge in [0.1, 0.15) is 5.75 Å². The van der Waals surface area contributed by atoms with Crippen LogP contribution in [-0.2, 0) is 14.4 Å². The lowest BCUT2D eigenvalue weighted by molar-refractivity contribution is -0.136. The zero-order valence-electron chi connectivity index (χ0n) is 14.4. The van der Waals surface area contributed by atoms with E-state index in [9.17, 15) is 14.4 Å². The van der Waals surface area contributed by atoms with Gasteiger partial charge in [-0.25, -0.2) is 5.43 Å². The van der Waals surface area contributed by atoms with Crippen LogP contribution in [0.4, 0.5) is 5.69 Å². The SMILES string of the molecule is Cc1cc(Cl)ccc1NC(=O)C(=O)NN=Cc1ccc(OCC(N)=O)cc1. The van der Waals surface area contributed by atoms with Gasteiger partial charge in [0.2, 0.25) is 0 Å². The number of hydrogen-bond donors (Lipinski definition) is 3. The maximum absolute atomic E-state index is 11.9. The van der Waals surface area contributed by atoms with Crippen LogP contribution in [-0.4, -0.2) is 30.5 Å². The van der Waals surface area contributed by atoms with Crippen molar-refractivity contribution in [1.29, 1.82) is 0 Å². The van der Waals surface area contributed by atoms with E-state index < -0.39 is 17.7 Å². The first-order chi connectivity index (χ1) is 12.8. The molecule has 8 nitrogen and oxygen atoms in total. The largest absolute Gasteiger partial charge is 0.484 e. The number of anilines is 1. The first-order valence-electron chi connectivity index (χ1n) is 7.77. The summed E-state index contributed by atoms with van der Waals surface area (Å²) in [7, 11) is 0. The zero-order valence-corrected chi connectivity index (χ0v) is 15.1. The van der Waals surface area contributed by atoms with Crippen LogP contribution in [0.3, 0.4) is 0 Å². The third-order valence-corrected chi connectivity index (χ3v) is 3.52. The van der Waals surface area contributed by atoms with Crippen molar-refractivity contribution < 1.29 is 19.1 Å². The number of carbonyl (C=O) groups is 3. The molecular weight excluding hydrogens is 372 g/mol. The van der Waals surface area contributed by atoms with Crippen LogP contribution in [0, 0.1) is 6.92 Å². The van der Waals surface area contributed by atoms with Crippen LogP contribution in [0.5, 0.6) is 5.75 Å². The maximum Gasteiger partial charge on any atom is 0.329 e. The fraction of sp³-hybridized carbons (Fsp3) is 0.111. The van der Waals surface area contributed by atoms with Crippen molar-refractivity contribution in [3.63, 3.8) is 0 Å². The molecule has 27 heavy (non-hydrogen) atoms. The zero-order chi connectivity index (χ0) is 19.8. The molecule has 4 N–H and O–H groups in total. The van der Waals surface area contributed by atoms with Gasteiger partial charge in [0.05, 0.1) is 6.21 Å². The number of benzene rings is 2. The Bertz CT molecular complexity index is 881. The summed E-state index contributed by atoms with van der Waals surface area (Å²) in [5, 5.41) is 6.73. The number of nitrogens with two attached hydrogens (primary N) is 1. The second-order valence-electron chi connectivity index (χ2n) is 5.44. The Hall–Kier alpha value is -3.39. The van der Waals surface area contributed by atoms with E-state index in [0.29, 0.717) is 22.0 Å². The molecule has 0 saturated heterocycles. The summed E-state index contributed by atoms with van der Waals surface area (Å²) in [6.45, 7) is 1.54. The van der Waals surface area contributed by atoms with Gasteiger partial charge in [0, 0.05) is 10.7 Å². The molecule has 0 aliphatic carbocycles. The highest BCUT2D eigenvalue weighted by Crippen LogP contribution is 2.19. The highest BCUT2D eigenvalue weighted by molar-refractivity contribution is 6.39. The molecule has 0 fully saturated rings. The Labute approximate surface area is 160 Å². The Balaban J connectivity index is 1.86. The van der Waals surface area contributed by atoms with E-state index >= 15 is 0 Å². The molecule has 0 unspecified atom stereocenters.